The van der Waals surface area contributed by atoms with Crippen molar-refractivity contribution in [2.24, 2.45) is 0 Å². The molecule has 3 aliphatic rings. The van der Waals surface area contributed by atoms with E-state index in [4.69, 9.17) is 27.9 Å². The number of alkyl halides is 1. The zero-order chi connectivity index (χ0) is 23.4. The first kappa shape index (κ1) is 22.4. The molecule has 2 saturated heterocycles. The fraction of sp³-hybridized carbons (Fsp3) is 0.522. The van der Waals surface area contributed by atoms with E-state index in [1.165, 1.54) is 0 Å². The highest BCUT2D eigenvalue weighted by molar-refractivity contribution is 6.32. The Morgan fingerprint density at radius 1 is 1.15 bits per heavy atom. The molecule has 3 aromatic rings. The monoisotopic (exact) mass is 506 g/mol. The van der Waals surface area contributed by atoms with E-state index in [9.17, 15) is 5.11 Å². The molecule has 4 atom stereocenters. The molecule has 2 aromatic heterocycles. The highest BCUT2D eigenvalue weighted by atomic mass is 35.5. The van der Waals surface area contributed by atoms with Gasteiger partial charge in [0.1, 0.15) is 6.17 Å². The second-order valence-corrected chi connectivity index (χ2v) is 10.1. The van der Waals surface area contributed by atoms with Gasteiger partial charge in [0.2, 0.25) is 5.95 Å². The Balaban J connectivity index is 1.23. The van der Waals surface area contributed by atoms with Gasteiger partial charge in [0.15, 0.2) is 5.15 Å². The Bertz CT molecular complexity index is 1220. The fourth-order valence-corrected chi connectivity index (χ4v) is 5.59. The normalized spacial score (nSPS) is 28.0. The first-order chi connectivity index (χ1) is 16.5. The molecule has 3 fully saturated rings. The van der Waals surface area contributed by atoms with Gasteiger partial charge in [-0.1, -0.05) is 23.2 Å². The molecule has 34 heavy (non-hydrogen) atoms. The van der Waals surface area contributed by atoms with Crippen LogP contribution in [0.3, 0.4) is 0 Å². The van der Waals surface area contributed by atoms with Crippen LogP contribution in [0.2, 0.25) is 10.2 Å². The van der Waals surface area contributed by atoms with Gasteiger partial charge in [-0.15, -0.1) is 0 Å². The smallest absolute Gasteiger partial charge is 0.227 e. The van der Waals surface area contributed by atoms with E-state index in [1.54, 1.807) is 18.5 Å². The maximum atomic E-state index is 15.3. The first-order valence-electron chi connectivity index (χ1n) is 11.6. The number of piperidine rings is 1. The lowest BCUT2D eigenvalue weighted by Crippen LogP contribution is -2.50. The molecular formula is C23H25Cl2FN6O2. The largest absolute Gasteiger partial charge is 0.389 e. The third-order valence-electron chi connectivity index (χ3n) is 7.03. The molecule has 0 bridgehead atoms. The number of hydrogen-bond acceptors (Lipinski definition) is 7. The Morgan fingerprint density at radius 2 is 2.00 bits per heavy atom. The molecule has 0 spiro atoms. The van der Waals surface area contributed by atoms with E-state index in [2.05, 4.69) is 20.4 Å². The van der Waals surface area contributed by atoms with Crippen molar-refractivity contribution in [2.75, 3.05) is 31.6 Å². The predicted octanol–water partition coefficient (Wildman–Crippen LogP) is 4.10. The maximum Gasteiger partial charge on any atom is 0.227 e. The van der Waals surface area contributed by atoms with E-state index in [-0.39, 0.29) is 18.5 Å². The third kappa shape index (κ3) is 4.13. The maximum absolute atomic E-state index is 15.3. The van der Waals surface area contributed by atoms with Crippen molar-refractivity contribution in [1.82, 2.24) is 24.6 Å². The summed E-state index contributed by atoms with van der Waals surface area (Å²) in [5, 5.41) is 19.4. The molecule has 0 radical (unpaired) electrons. The SMILES string of the molecule is O[C@@H]1COC[C@@H]1N1CC[C@@H](c2cc3nc(Nc4cnn(C5CC5)c4Cl)ncc3cc2Cl)[C@H](F)C1. The standard InChI is InChI=1S/C23H25Cl2FN6O2/c24-16-5-12-7-27-23(30-19-8-28-32(22(19)25)13-1-2-13)29-18(12)6-15(16)14-3-4-31(9-17(14)26)20-10-34-11-21(20)33/h5-8,13-14,17,20-21,33H,1-4,9-11H2,(H,27,29,30)/t14-,17+,20-,21+/m0/s1. The quantitative estimate of drug-likeness (QED) is 0.538. The summed E-state index contributed by atoms with van der Waals surface area (Å²) in [6, 6.07) is 3.88. The van der Waals surface area contributed by atoms with Crippen molar-refractivity contribution in [3.8, 4) is 0 Å². The highest BCUT2D eigenvalue weighted by Crippen LogP contribution is 2.40. The first-order valence-corrected chi connectivity index (χ1v) is 12.3. The molecule has 0 amide bonds. The van der Waals surface area contributed by atoms with E-state index in [0.717, 1.165) is 23.8 Å². The molecule has 1 aliphatic carbocycles. The number of ether oxygens (including phenoxy) is 1. The van der Waals surface area contributed by atoms with Gasteiger partial charge in [-0.2, -0.15) is 5.10 Å². The van der Waals surface area contributed by atoms with Gasteiger partial charge in [-0.25, -0.2) is 19.0 Å². The molecule has 2 aliphatic heterocycles. The molecule has 2 N–H and O–H groups in total. The zero-order valence-corrected chi connectivity index (χ0v) is 19.9. The summed E-state index contributed by atoms with van der Waals surface area (Å²) in [5.74, 6) is 0.0464. The molecule has 1 aromatic carbocycles. The highest BCUT2D eigenvalue weighted by Gasteiger charge is 2.39. The van der Waals surface area contributed by atoms with Crippen molar-refractivity contribution in [1.29, 1.82) is 0 Å². The molecule has 0 unspecified atom stereocenters. The summed E-state index contributed by atoms with van der Waals surface area (Å²) >= 11 is 13.0. The van der Waals surface area contributed by atoms with Gasteiger partial charge in [-0.05, 0) is 43.5 Å². The number of hydrogen-bond donors (Lipinski definition) is 2. The second kappa shape index (κ2) is 8.87. The van der Waals surface area contributed by atoms with Crippen LogP contribution in [0.5, 0.6) is 0 Å². The fourth-order valence-electron chi connectivity index (χ4n) is 5.00. The third-order valence-corrected chi connectivity index (χ3v) is 7.74. The second-order valence-electron chi connectivity index (χ2n) is 9.35. The summed E-state index contributed by atoms with van der Waals surface area (Å²) in [5.41, 5.74) is 2.07. The number of benzene rings is 1. The molecule has 180 valence electrons. The summed E-state index contributed by atoms with van der Waals surface area (Å²) in [4.78, 5) is 11.0. The summed E-state index contributed by atoms with van der Waals surface area (Å²) in [6.07, 6.45) is 4.46. The van der Waals surface area contributed by atoms with Crippen LogP contribution in [-0.4, -0.2) is 74.4 Å². The van der Waals surface area contributed by atoms with Crippen molar-refractivity contribution < 1.29 is 14.2 Å². The summed E-state index contributed by atoms with van der Waals surface area (Å²) < 4.78 is 22.5. The van der Waals surface area contributed by atoms with E-state index in [0.29, 0.717) is 59.5 Å². The number of aliphatic hydroxyl groups is 1. The topological polar surface area (TPSA) is 88.3 Å². The van der Waals surface area contributed by atoms with Crippen molar-refractivity contribution in [3.05, 3.63) is 40.3 Å². The summed E-state index contributed by atoms with van der Waals surface area (Å²) in [7, 11) is 0. The van der Waals surface area contributed by atoms with Gasteiger partial charge < -0.3 is 15.2 Å². The van der Waals surface area contributed by atoms with E-state index in [1.807, 2.05) is 15.6 Å². The number of fused-ring (bicyclic) bond motifs is 1. The van der Waals surface area contributed by atoms with Gasteiger partial charge in [0.25, 0.3) is 0 Å². The number of nitrogens with zero attached hydrogens (tertiary/aromatic N) is 5. The van der Waals surface area contributed by atoms with Crippen LogP contribution in [0.25, 0.3) is 10.9 Å². The van der Waals surface area contributed by atoms with Gasteiger partial charge in [-0.3, -0.25) is 4.90 Å². The molecule has 6 rings (SSSR count). The van der Waals surface area contributed by atoms with Crippen molar-refractivity contribution in [2.45, 2.75) is 49.5 Å². The number of halogens is 3. The zero-order valence-electron chi connectivity index (χ0n) is 18.4. The minimum absolute atomic E-state index is 0.149. The van der Waals surface area contributed by atoms with Crippen molar-refractivity contribution >= 4 is 45.7 Å². The number of rotatable bonds is 5. The van der Waals surface area contributed by atoms with Crippen LogP contribution in [-0.2, 0) is 4.74 Å². The Labute approximate surface area is 206 Å². The average molecular weight is 507 g/mol. The van der Waals surface area contributed by atoms with Crippen molar-refractivity contribution in [3.63, 3.8) is 0 Å². The lowest BCUT2D eigenvalue weighted by molar-refractivity contribution is 0.0353. The van der Waals surface area contributed by atoms with Crippen LogP contribution < -0.4 is 5.32 Å². The van der Waals surface area contributed by atoms with Gasteiger partial charge in [0, 0.05) is 29.1 Å². The number of anilines is 2. The lowest BCUT2D eigenvalue weighted by Gasteiger charge is -2.39. The molecule has 11 heteroatoms. The van der Waals surface area contributed by atoms with Crippen LogP contribution in [0.1, 0.15) is 36.8 Å². The van der Waals surface area contributed by atoms with Crippen LogP contribution in [0.4, 0.5) is 16.0 Å². The number of aromatic nitrogens is 4. The van der Waals surface area contributed by atoms with E-state index >= 15 is 4.39 Å². The van der Waals surface area contributed by atoms with Crippen LogP contribution >= 0.6 is 23.2 Å². The minimum Gasteiger partial charge on any atom is -0.389 e. The van der Waals surface area contributed by atoms with Gasteiger partial charge in [0.05, 0.1) is 48.8 Å². The lowest BCUT2D eigenvalue weighted by atomic mass is 9.86. The number of likely N-dealkylation sites (tertiary alicyclic amines) is 1. The Kier molecular flexibility index (Phi) is 5.85. The predicted molar refractivity (Wildman–Crippen MR) is 128 cm³/mol. The number of aliphatic hydroxyl groups excluding tert-OH is 1. The summed E-state index contributed by atoms with van der Waals surface area (Å²) in [6.45, 7) is 1.65. The Hall–Kier alpha value is -2.04. The average Bonchev–Trinajstić information content (AvgIpc) is 3.47. The Morgan fingerprint density at radius 3 is 2.74 bits per heavy atom. The molecule has 8 nitrogen and oxygen atoms in total. The van der Waals surface area contributed by atoms with Crippen LogP contribution in [0, 0.1) is 0 Å². The number of nitrogens with one attached hydrogen (secondary N) is 1. The van der Waals surface area contributed by atoms with Crippen LogP contribution in [0.15, 0.2) is 24.5 Å². The van der Waals surface area contributed by atoms with Gasteiger partial charge >= 0.3 is 0 Å². The molecule has 1 saturated carbocycles. The minimum atomic E-state index is -1.11. The molecule has 4 heterocycles. The molecular weight excluding hydrogens is 482 g/mol. The van der Waals surface area contributed by atoms with E-state index < -0.39 is 12.3 Å².